The topological polar surface area (TPSA) is 96.5 Å². The lowest BCUT2D eigenvalue weighted by atomic mass is 10.0. The fourth-order valence-electron chi connectivity index (χ4n) is 3.44. The number of carbonyl (C=O) groups is 2. The molecule has 1 atom stereocenters. The van der Waals surface area contributed by atoms with Crippen LogP contribution in [0.25, 0.3) is 22.4 Å². The molecule has 152 valence electrons. The summed E-state index contributed by atoms with van der Waals surface area (Å²) < 4.78 is 7.74. The summed E-state index contributed by atoms with van der Waals surface area (Å²) in [6.07, 6.45) is 0. The summed E-state index contributed by atoms with van der Waals surface area (Å²) in [7, 11) is 1.82. The number of furan rings is 1. The quantitative estimate of drug-likeness (QED) is 0.346. The molecule has 0 bridgehead atoms. The molecule has 0 saturated heterocycles. The van der Waals surface area contributed by atoms with Crippen molar-refractivity contribution in [3.05, 3.63) is 83.6 Å². The number of hydrogen-bond donors (Lipinski definition) is 3. The highest BCUT2D eigenvalue weighted by Crippen LogP contribution is 2.29. The van der Waals surface area contributed by atoms with Crippen molar-refractivity contribution in [3.8, 4) is 11.3 Å². The first-order valence-electron chi connectivity index (χ1n) is 9.48. The maximum atomic E-state index is 12.9. The molecule has 2 aromatic heterocycles. The Kier molecular flexibility index (Phi) is 5.12. The van der Waals surface area contributed by atoms with Gasteiger partial charge in [-0.15, -0.1) is 0 Å². The second-order valence-corrected chi connectivity index (χ2v) is 7.08. The van der Waals surface area contributed by atoms with Crippen molar-refractivity contribution in [1.82, 2.24) is 15.4 Å². The molecular weight excluding hydrogens is 382 g/mol. The van der Waals surface area contributed by atoms with Gasteiger partial charge < -0.3 is 14.3 Å². The number of rotatable bonds is 5. The minimum atomic E-state index is -0.604. The van der Waals surface area contributed by atoms with Gasteiger partial charge in [0.2, 0.25) is 0 Å². The van der Waals surface area contributed by atoms with Crippen LogP contribution in [0, 0.1) is 0 Å². The van der Waals surface area contributed by atoms with Crippen molar-refractivity contribution in [1.29, 1.82) is 0 Å². The van der Waals surface area contributed by atoms with Gasteiger partial charge in [0, 0.05) is 30.3 Å². The molecule has 30 heavy (non-hydrogen) atoms. The Morgan fingerprint density at radius 3 is 2.47 bits per heavy atom. The van der Waals surface area contributed by atoms with Gasteiger partial charge >= 0.3 is 0 Å². The van der Waals surface area contributed by atoms with Crippen LogP contribution >= 0.6 is 0 Å². The van der Waals surface area contributed by atoms with Crippen LogP contribution in [0.2, 0.25) is 0 Å². The van der Waals surface area contributed by atoms with Crippen molar-refractivity contribution in [2.45, 2.75) is 13.0 Å². The van der Waals surface area contributed by atoms with Gasteiger partial charge in [-0.3, -0.25) is 14.8 Å². The number of hydroxylamine groups is 1. The molecule has 0 aliphatic carbocycles. The molecule has 2 heterocycles. The van der Waals surface area contributed by atoms with E-state index >= 15 is 0 Å². The summed E-state index contributed by atoms with van der Waals surface area (Å²) in [4.78, 5) is 24.5. The zero-order valence-corrected chi connectivity index (χ0v) is 16.5. The Morgan fingerprint density at radius 1 is 1.00 bits per heavy atom. The lowest BCUT2D eigenvalue weighted by Gasteiger charge is -2.15. The van der Waals surface area contributed by atoms with E-state index in [1.54, 1.807) is 34.3 Å². The van der Waals surface area contributed by atoms with Crippen molar-refractivity contribution in [2.75, 3.05) is 0 Å². The summed E-state index contributed by atoms with van der Waals surface area (Å²) in [6.45, 7) is 1.83. The number of aryl methyl sites for hydroxylation is 1. The molecule has 0 fully saturated rings. The summed E-state index contributed by atoms with van der Waals surface area (Å²) in [6, 6.07) is 19.8. The maximum absolute atomic E-state index is 12.9. The molecule has 2 aromatic carbocycles. The molecule has 7 nitrogen and oxygen atoms in total. The van der Waals surface area contributed by atoms with Gasteiger partial charge in [0.25, 0.3) is 11.8 Å². The standard InChI is InChI=1S/C23H21N3O4/c1-14(16-9-6-10-17(11-16)22(27)25-29)24-23(28)19-13-21-18(26(19)2)12-20(30-21)15-7-4-3-5-8-15/h3-14,29H,1-2H3,(H,24,28)(H,25,27). The van der Waals surface area contributed by atoms with Crippen LogP contribution in [0.3, 0.4) is 0 Å². The number of nitrogens with zero attached hydrogens (tertiary/aromatic N) is 1. The van der Waals surface area contributed by atoms with Crippen LogP contribution < -0.4 is 10.8 Å². The molecule has 4 aromatic rings. The third kappa shape index (κ3) is 3.58. The lowest BCUT2D eigenvalue weighted by molar-refractivity contribution is 0.0706. The molecule has 2 amide bonds. The predicted octanol–water partition coefficient (Wildman–Crippen LogP) is 4.05. The van der Waals surface area contributed by atoms with Crippen molar-refractivity contribution in [2.24, 2.45) is 7.05 Å². The summed E-state index contributed by atoms with van der Waals surface area (Å²) >= 11 is 0. The smallest absolute Gasteiger partial charge is 0.274 e. The summed E-state index contributed by atoms with van der Waals surface area (Å²) in [5, 5.41) is 11.7. The Labute approximate surface area is 172 Å². The Balaban J connectivity index is 1.55. The summed E-state index contributed by atoms with van der Waals surface area (Å²) in [5.74, 6) is -0.113. The number of aromatic nitrogens is 1. The van der Waals surface area contributed by atoms with Gasteiger partial charge in [0.05, 0.1) is 11.6 Å². The Hall–Kier alpha value is -3.84. The van der Waals surface area contributed by atoms with Crippen LogP contribution in [-0.2, 0) is 7.05 Å². The number of fused-ring (bicyclic) bond motifs is 1. The SMILES string of the molecule is CC(NC(=O)c1cc2oc(-c3ccccc3)cc2n1C)c1cccc(C(=O)NO)c1. The molecule has 3 N–H and O–H groups in total. The second kappa shape index (κ2) is 7.88. The van der Waals surface area contributed by atoms with E-state index in [0.717, 1.165) is 22.4 Å². The van der Waals surface area contributed by atoms with Crippen LogP contribution in [0.4, 0.5) is 0 Å². The normalized spacial score (nSPS) is 12.0. The molecule has 0 saturated carbocycles. The molecule has 1 unspecified atom stereocenters. The number of amides is 2. The largest absolute Gasteiger partial charge is 0.454 e. The minimum absolute atomic E-state index is 0.255. The highest BCUT2D eigenvalue weighted by Gasteiger charge is 2.19. The van der Waals surface area contributed by atoms with E-state index in [2.05, 4.69) is 5.32 Å². The zero-order valence-electron chi connectivity index (χ0n) is 16.5. The fraction of sp³-hybridized carbons (Fsp3) is 0.130. The molecule has 0 spiro atoms. The van der Waals surface area contributed by atoms with Crippen molar-refractivity contribution < 1.29 is 19.2 Å². The van der Waals surface area contributed by atoms with E-state index in [9.17, 15) is 9.59 Å². The van der Waals surface area contributed by atoms with Gasteiger partial charge in [-0.05, 0) is 24.6 Å². The Bertz CT molecular complexity index is 1220. The van der Waals surface area contributed by atoms with Crippen molar-refractivity contribution in [3.63, 3.8) is 0 Å². The number of carbonyl (C=O) groups excluding carboxylic acids is 2. The minimum Gasteiger partial charge on any atom is -0.454 e. The number of hydrogen-bond acceptors (Lipinski definition) is 4. The van der Waals surface area contributed by atoms with Crippen LogP contribution in [0.15, 0.2) is 71.1 Å². The molecule has 7 heteroatoms. The van der Waals surface area contributed by atoms with Crippen LogP contribution in [0.1, 0.15) is 39.4 Å². The lowest BCUT2D eigenvalue weighted by Crippen LogP contribution is -2.28. The van der Waals surface area contributed by atoms with Crippen molar-refractivity contribution >= 4 is 22.9 Å². The van der Waals surface area contributed by atoms with E-state index in [4.69, 9.17) is 9.62 Å². The average Bonchev–Trinajstić information content (AvgIpc) is 3.33. The number of nitrogens with one attached hydrogen (secondary N) is 2. The summed E-state index contributed by atoms with van der Waals surface area (Å²) in [5.41, 5.74) is 5.57. The fourth-order valence-corrected chi connectivity index (χ4v) is 3.44. The van der Waals surface area contributed by atoms with E-state index in [0.29, 0.717) is 16.8 Å². The van der Waals surface area contributed by atoms with Gasteiger partial charge in [0.15, 0.2) is 5.58 Å². The highest BCUT2D eigenvalue weighted by molar-refractivity contribution is 5.98. The molecule has 0 aliphatic heterocycles. The number of benzene rings is 2. The zero-order chi connectivity index (χ0) is 21.3. The third-order valence-corrected chi connectivity index (χ3v) is 5.12. The van der Waals surface area contributed by atoms with Gasteiger partial charge in [0.1, 0.15) is 11.5 Å². The monoisotopic (exact) mass is 403 g/mol. The third-order valence-electron chi connectivity index (χ3n) is 5.12. The second-order valence-electron chi connectivity index (χ2n) is 7.08. The first-order chi connectivity index (χ1) is 14.5. The van der Waals surface area contributed by atoms with E-state index in [1.165, 1.54) is 0 Å². The van der Waals surface area contributed by atoms with E-state index < -0.39 is 5.91 Å². The van der Waals surface area contributed by atoms with Gasteiger partial charge in [-0.25, -0.2) is 5.48 Å². The van der Waals surface area contributed by atoms with Gasteiger partial charge in [-0.1, -0.05) is 42.5 Å². The Morgan fingerprint density at radius 2 is 1.77 bits per heavy atom. The van der Waals surface area contributed by atoms with Crippen LogP contribution in [0.5, 0.6) is 0 Å². The van der Waals surface area contributed by atoms with Crippen LogP contribution in [-0.4, -0.2) is 21.6 Å². The first-order valence-corrected chi connectivity index (χ1v) is 9.48. The van der Waals surface area contributed by atoms with Gasteiger partial charge in [-0.2, -0.15) is 0 Å². The molecule has 0 aliphatic rings. The first kappa shape index (κ1) is 19.5. The predicted molar refractivity (Wildman–Crippen MR) is 112 cm³/mol. The molecule has 0 radical (unpaired) electrons. The van der Waals surface area contributed by atoms with E-state index in [-0.39, 0.29) is 11.9 Å². The average molecular weight is 403 g/mol. The maximum Gasteiger partial charge on any atom is 0.274 e. The molecular formula is C23H21N3O4. The molecule has 4 rings (SSSR count). The van der Waals surface area contributed by atoms with E-state index in [1.807, 2.05) is 56.4 Å². The highest BCUT2D eigenvalue weighted by atomic mass is 16.5.